The minimum Gasteiger partial charge on any atom is -0.361 e. The van der Waals surface area contributed by atoms with Gasteiger partial charge in [-0.1, -0.05) is 19.3 Å². The van der Waals surface area contributed by atoms with Gasteiger partial charge in [0.1, 0.15) is 12.1 Å². The van der Waals surface area contributed by atoms with E-state index >= 15 is 0 Å². The zero-order valence-corrected chi connectivity index (χ0v) is 17.9. The Morgan fingerprint density at radius 1 is 1.09 bits per heavy atom. The summed E-state index contributed by atoms with van der Waals surface area (Å²) >= 11 is 0. The molecule has 1 saturated carbocycles. The van der Waals surface area contributed by atoms with Crippen molar-refractivity contribution >= 4 is 28.7 Å². The maximum Gasteiger partial charge on any atom is 0.316 e. The number of aromatic amines is 1. The normalized spacial score (nSPS) is 18.2. The molecule has 0 spiro atoms. The lowest BCUT2D eigenvalue weighted by atomic mass is 9.89. The zero-order chi connectivity index (χ0) is 22.1. The van der Waals surface area contributed by atoms with Crippen molar-refractivity contribution in [3.63, 3.8) is 0 Å². The molecule has 2 aliphatic rings. The van der Waals surface area contributed by atoms with Crippen molar-refractivity contribution in [3.05, 3.63) is 42.1 Å². The van der Waals surface area contributed by atoms with E-state index in [4.69, 9.17) is 0 Å². The first-order valence-corrected chi connectivity index (χ1v) is 11.4. The molecule has 1 saturated heterocycles. The Labute approximate surface area is 185 Å². The smallest absolute Gasteiger partial charge is 0.316 e. The fraction of sp³-hybridized carbons (Fsp3) is 0.478. The summed E-state index contributed by atoms with van der Waals surface area (Å²) in [6, 6.07) is 5.04. The highest BCUT2D eigenvalue weighted by Crippen LogP contribution is 2.33. The summed E-state index contributed by atoms with van der Waals surface area (Å²) in [6.45, 7) is 0.950. The summed E-state index contributed by atoms with van der Waals surface area (Å²) < 4.78 is 15.5. The highest BCUT2D eigenvalue weighted by atomic mass is 19.1. The highest BCUT2D eigenvalue weighted by molar-refractivity contribution is 6.39. The maximum atomic E-state index is 13.7. The number of amides is 2. The lowest BCUT2D eigenvalue weighted by Gasteiger charge is -2.31. The van der Waals surface area contributed by atoms with Gasteiger partial charge >= 0.3 is 11.8 Å². The number of aromatic nitrogens is 4. The van der Waals surface area contributed by atoms with Gasteiger partial charge in [-0.2, -0.15) is 0 Å². The number of rotatable bonds is 3. The van der Waals surface area contributed by atoms with Gasteiger partial charge in [0.05, 0.1) is 6.04 Å². The highest BCUT2D eigenvalue weighted by Gasteiger charge is 2.29. The molecule has 0 unspecified atom stereocenters. The van der Waals surface area contributed by atoms with E-state index in [2.05, 4.69) is 20.4 Å². The second-order valence-electron chi connectivity index (χ2n) is 8.79. The molecule has 32 heavy (non-hydrogen) atoms. The molecule has 3 aromatic rings. The van der Waals surface area contributed by atoms with Crippen LogP contribution in [-0.4, -0.2) is 49.6 Å². The molecule has 9 heteroatoms. The van der Waals surface area contributed by atoms with Gasteiger partial charge in [-0.05, 0) is 55.4 Å². The molecule has 168 valence electrons. The van der Waals surface area contributed by atoms with Crippen LogP contribution < -0.4 is 5.32 Å². The number of piperidine rings is 1. The molecule has 3 heterocycles. The van der Waals surface area contributed by atoms with Gasteiger partial charge in [0.25, 0.3) is 0 Å². The monoisotopic (exact) mass is 438 g/mol. The summed E-state index contributed by atoms with van der Waals surface area (Å²) in [4.78, 5) is 34.1. The van der Waals surface area contributed by atoms with Gasteiger partial charge in [-0.25, -0.2) is 14.1 Å². The van der Waals surface area contributed by atoms with Crippen LogP contribution in [0.3, 0.4) is 0 Å². The predicted octanol–water partition coefficient (Wildman–Crippen LogP) is 3.75. The van der Waals surface area contributed by atoms with Crippen LogP contribution in [0.15, 0.2) is 30.7 Å². The number of hydrogen-bond acceptors (Lipinski definition) is 4. The standard InChI is InChI=1S/C23H27FN6O2/c24-16-6-7-20-18(12-16)19(13-25-20)15-8-10-29(11-9-15)22(32)21(31)27-23-26-14-30(28-23)17-4-2-1-3-5-17/h6-7,12-15,17,25H,1-5,8-11H2,(H,27,28,31). The van der Waals surface area contributed by atoms with Crippen LogP contribution in [0, 0.1) is 5.82 Å². The average Bonchev–Trinajstić information content (AvgIpc) is 3.46. The number of nitrogens with zero attached hydrogens (tertiary/aromatic N) is 4. The van der Waals surface area contributed by atoms with Crippen molar-refractivity contribution in [1.82, 2.24) is 24.6 Å². The molecule has 2 amide bonds. The summed E-state index contributed by atoms with van der Waals surface area (Å²) in [7, 11) is 0. The average molecular weight is 439 g/mol. The molecule has 8 nitrogen and oxygen atoms in total. The SMILES string of the molecule is O=C(Nc1ncn(C2CCCCC2)n1)C(=O)N1CCC(c2c[nH]c3ccc(F)cc23)CC1. The molecule has 1 aliphatic carbocycles. The van der Waals surface area contributed by atoms with Gasteiger partial charge in [0.15, 0.2) is 0 Å². The minimum atomic E-state index is -0.709. The van der Waals surface area contributed by atoms with Crippen molar-refractivity contribution < 1.29 is 14.0 Å². The number of fused-ring (bicyclic) bond motifs is 1. The molecule has 5 rings (SSSR count). The van der Waals surface area contributed by atoms with Crippen LogP contribution in [0.25, 0.3) is 10.9 Å². The lowest BCUT2D eigenvalue weighted by Crippen LogP contribution is -2.44. The number of halogens is 1. The third-order valence-corrected chi connectivity index (χ3v) is 6.77. The van der Waals surface area contributed by atoms with Gasteiger partial charge < -0.3 is 9.88 Å². The van der Waals surface area contributed by atoms with Gasteiger partial charge in [0, 0.05) is 30.2 Å². The number of nitrogens with one attached hydrogen (secondary N) is 2. The van der Waals surface area contributed by atoms with E-state index in [1.54, 1.807) is 28.0 Å². The molecule has 1 aromatic carbocycles. The third-order valence-electron chi connectivity index (χ3n) is 6.77. The zero-order valence-electron chi connectivity index (χ0n) is 17.9. The second kappa shape index (κ2) is 8.72. The summed E-state index contributed by atoms with van der Waals surface area (Å²) in [6.07, 6.45) is 10.7. The molecule has 0 atom stereocenters. The summed E-state index contributed by atoms with van der Waals surface area (Å²) in [5.41, 5.74) is 1.97. The first-order chi connectivity index (χ1) is 15.6. The number of anilines is 1. The molecule has 0 bridgehead atoms. The van der Waals surface area contributed by atoms with Crippen LogP contribution in [0.5, 0.6) is 0 Å². The second-order valence-corrected chi connectivity index (χ2v) is 8.79. The quantitative estimate of drug-likeness (QED) is 0.609. The van der Waals surface area contributed by atoms with Crippen LogP contribution in [-0.2, 0) is 9.59 Å². The van der Waals surface area contributed by atoms with E-state index < -0.39 is 11.8 Å². The first-order valence-electron chi connectivity index (χ1n) is 11.4. The van der Waals surface area contributed by atoms with E-state index in [9.17, 15) is 14.0 Å². The Kier molecular flexibility index (Phi) is 5.63. The molecule has 1 aliphatic heterocycles. The van der Waals surface area contributed by atoms with E-state index in [0.717, 1.165) is 42.1 Å². The number of H-pyrrole nitrogens is 1. The maximum absolute atomic E-state index is 13.7. The molecule has 2 N–H and O–H groups in total. The van der Waals surface area contributed by atoms with Crippen molar-refractivity contribution in [3.8, 4) is 0 Å². The van der Waals surface area contributed by atoms with Crippen LogP contribution in [0.1, 0.15) is 62.5 Å². The van der Waals surface area contributed by atoms with Crippen molar-refractivity contribution in [2.45, 2.75) is 56.9 Å². The topological polar surface area (TPSA) is 95.9 Å². The third kappa shape index (κ3) is 4.11. The van der Waals surface area contributed by atoms with E-state index in [0.29, 0.717) is 19.1 Å². The van der Waals surface area contributed by atoms with Crippen LogP contribution >= 0.6 is 0 Å². The Hall–Kier alpha value is -3.23. The predicted molar refractivity (Wildman–Crippen MR) is 118 cm³/mol. The Balaban J connectivity index is 1.17. The first kappa shape index (κ1) is 20.7. The molecular formula is C23H27FN6O2. The summed E-state index contributed by atoms with van der Waals surface area (Å²) in [5.74, 6) is -1.15. The van der Waals surface area contributed by atoms with Crippen LogP contribution in [0.4, 0.5) is 10.3 Å². The van der Waals surface area contributed by atoms with E-state index in [-0.39, 0.29) is 17.7 Å². The number of carbonyl (C=O) groups is 2. The van der Waals surface area contributed by atoms with E-state index in [1.807, 2.05) is 6.20 Å². The lowest BCUT2D eigenvalue weighted by molar-refractivity contribution is -0.143. The van der Waals surface area contributed by atoms with Crippen LogP contribution in [0.2, 0.25) is 0 Å². The number of benzene rings is 1. The fourth-order valence-corrected chi connectivity index (χ4v) is 5.00. The largest absolute Gasteiger partial charge is 0.361 e. The Bertz CT molecular complexity index is 1120. The number of likely N-dealkylation sites (tertiary alicyclic amines) is 1. The molecule has 0 radical (unpaired) electrons. The molecule has 2 aromatic heterocycles. The fourth-order valence-electron chi connectivity index (χ4n) is 5.00. The Morgan fingerprint density at radius 2 is 1.88 bits per heavy atom. The number of hydrogen-bond donors (Lipinski definition) is 2. The molecular weight excluding hydrogens is 411 g/mol. The van der Waals surface area contributed by atoms with Gasteiger partial charge in [0.2, 0.25) is 5.95 Å². The van der Waals surface area contributed by atoms with Crippen molar-refractivity contribution in [2.75, 3.05) is 18.4 Å². The van der Waals surface area contributed by atoms with E-state index in [1.165, 1.54) is 25.3 Å². The van der Waals surface area contributed by atoms with Crippen molar-refractivity contribution in [1.29, 1.82) is 0 Å². The number of carbonyl (C=O) groups excluding carboxylic acids is 2. The van der Waals surface area contributed by atoms with Gasteiger partial charge in [-0.3, -0.25) is 14.9 Å². The van der Waals surface area contributed by atoms with Gasteiger partial charge in [-0.15, -0.1) is 5.10 Å². The molecule has 2 fully saturated rings. The Morgan fingerprint density at radius 3 is 2.66 bits per heavy atom. The summed E-state index contributed by atoms with van der Waals surface area (Å²) in [5, 5.41) is 7.78. The minimum absolute atomic E-state index is 0.171. The van der Waals surface area contributed by atoms with Crippen molar-refractivity contribution in [2.24, 2.45) is 0 Å².